The van der Waals surface area contributed by atoms with E-state index in [2.05, 4.69) is 48.5 Å². The largest absolute Gasteiger partial charge is 0.0599 e. The molecular formula is C12H25. The molecule has 0 aliphatic rings. The van der Waals surface area contributed by atoms with Crippen LogP contribution in [0.2, 0.25) is 0 Å². The van der Waals surface area contributed by atoms with E-state index >= 15 is 0 Å². The molecule has 0 saturated carbocycles. The fourth-order valence-corrected chi connectivity index (χ4v) is 2.37. The van der Waals surface area contributed by atoms with Gasteiger partial charge in [-0.25, -0.2) is 0 Å². The molecule has 0 N–H and O–H groups in total. The Hall–Kier alpha value is 0. The smallest absolute Gasteiger partial charge is 0.0317 e. The number of rotatable bonds is 2. The van der Waals surface area contributed by atoms with Crippen molar-refractivity contribution in [2.45, 2.75) is 54.4 Å². The molecule has 0 fully saturated rings. The van der Waals surface area contributed by atoms with E-state index in [1.54, 1.807) is 0 Å². The summed E-state index contributed by atoms with van der Waals surface area (Å²) in [6.07, 6.45) is 2.30. The maximum Gasteiger partial charge on any atom is -0.0317 e. The van der Waals surface area contributed by atoms with Gasteiger partial charge in [0.25, 0.3) is 0 Å². The van der Waals surface area contributed by atoms with Crippen molar-refractivity contribution >= 4 is 0 Å². The normalized spacial score (nSPS) is 14.0. The Balaban J connectivity index is 4.45. The van der Waals surface area contributed by atoms with Gasteiger partial charge in [0.05, 0.1) is 0 Å². The lowest BCUT2D eigenvalue weighted by molar-refractivity contribution is 0.0937. The van der Waals surface area contributed by atoms with Crippen molar-refractivity contribution in [2.75, 3.05) is 0 Å². The van der Waals surface area contributed by atoms with Crippen LogP contribution in [0.3, 0.4) is 0 Å². The average Bonchev–Trinajstić information content (AvgIpc) is 1.77. The minimum Gasteiger partial charge on any atom is -0.0599 e. The van der Waals surface area contributed by atoms with Crippen LogP contribution in [0.15, 0.2) is 0 Å². The van der Waals surface area contributed by atoms with E-state index < -0.39 is 0 Å². The summed E-state index contributed by atoms with van der Waals surface area (Å²) in [6.45, 7) is 17.9. The van der Waals surface area contributed by atoms with E-state index in [4.69, 9.17) is 0 Å². The summed E-state index contributed by atoms with van der Waals surface area (Å²) in [6, 6.07) is 0. The zero-order chi connectivity index (χ0) is 9.99. The van der Waals surface area contributed by atoms with Gasteiger partial charge in [-0.1, -0.05) is 54.9 Å². The van der Waals surface area contributed by atoms with Crippen LogP contribution in [-0.4, -0.2) is 0 Å². The number of hydrogen-bond acceptors (Lipinski definition) is 0. The SMILES string of the molecule is [CH2]CCC(C(C)(C)C)C(C)(C)C. The highest BCUT2D eigenvalue weighted by atomic mass is 14.4. The van der Waals surface area contributed by atoms with Crippen LogP contribution >= 0.6 is 0 Å². The van der Waals surface area contributed by atoms with Gasteiger partial charge in [0.2, 0.25) is 0 Å². The van der Waals surface area contributed by atoms with Gasteiger partial charge in [0.1, 0.15) is 0 Å². The Labute approximate surface area is 78.8 Å². The molecule has 12 heavy (non-hydrogen) atoms. The van der Waals surface area contributed by atoms with Gasteiger partial charge in [0.15, 0.2) is 0 Å². The molecule has 0 aromatic heterocycles. The van der Waals surface area contributed by atoms with Crippen molar-refractivity contribution in [3.05, 3.63) is 6.92 Å². The molecule has 0 heteroatoms. The highest BCUT2D eigenvalue weighted by Crippen LogP contribution is 2.42. The molecule has 0 amide bonds. The summed E-state index contributed by atoms with van der Waals surface area (Å²) in [5, 5.41) is 0. The standard InChI is InChI=1S/C12H25/c1-8-9-10(11(2,3)4)12(5,6)7/h10H,1,8-9H2,2-7H3. The van der Waals surface area contributed by atoms with Gasteiger partial charge in [-0.05, 0) is 23.2 Å². The molecule has 1 radical (unpaired) electrons. The maximum atomic E-state index is 3.95. The van der Waals surface area contributed by atoms with Gasteiger partial charge >= 0.3 is 0 Å². The van der Waals surface area contributed by atoms with Crippen molar-refractivity contribution in [2.24, 2.45) is 16.7 Å². The topological polar surface area (TPSA) is 0 Å². The van der Waals surface area contributed by atoms with E-state index in [1.807, 2.05) is 0 Å². The molecule has 0 unspecified atom stereocenters. The summed E-state index contributed by atoms with van der Waals surface area (Å²) >= 11 is 0. The predicted molar refractivity (Wildman–Crippen MR) is 57.0 cm³/mol. The zero-order valence-corrected chi connectivity index (χ0v) is 9.70. The molecule has 0 spiro atoms. The molecule has 0 aliphatic heterocycles. The first-order valence-corrected chi connectivity index (χ1v) is 4.99. The van der Waals surface area contributed by atoms with E-state index in [-0.39, 0.29) is 0 Å². The summed E-state index contributed by atoms with van der Waals surface area (Å²) < 4.78 is 0. The fraction of sp³-hybridized carbons (Fsp3) is 0.917. The first-order valence-electron chi connectivity index (χ1n) is 4.99. The molecule has 0 bridgehead atoms. The Bertz CT molecular complexity index is 106. The van der Waals surface area contributed by atoms with Crippen LogP contribution in [0.25, 0.3) is 0 Å². The summed E-state index contributed by atoms with van der Waals surface area (Å²) in [5.74, 6) is 0.766. The first kappa shape index (κ1) is 12.0. The Morgan fingerprint density at radius 1 is 0.917 bits per heavy atom. The molecule has 0 atom stereocenters. The average molecular weight is 169 g/mol. The van der Waals surface area contributed by atoms with Gasteiger partial charge in [-0.3, -0.25) is 0 Å². The lowest BCUT2D eigenvalue weighted by Crippen LogP contribution is -2.32. The zero-order valence-electron chi connectivity index (χ0n) is 9.70. The molecule has 0 aliphatic carbocycles. The third-order valence-corrected chi connectivity index (χ3v) is 2.58. The van der Waals surface area contributed by atoms with E-state index in [1.165, 1.54) is 6.42 Å². The van der Waals surface area contributed by atoms with E-state index in [0.717, 1.165) is 12.3 Å². The van der Waals surface area contributed by atoms with E-state index in [0.29, 0.717) is 10.8 Å². The Kier molecular flexibility index (Phi) is 3.81. The van der Waals surface area contributed by atoms with Gasteiger partial charge < -0.3 is 0 Å². The van der Waals surface area contributed by atoms with Crippen LogP contribution in [0.5, 0.6) is 0 Å². The van der Waals surface area contributed by atoms with Crippen molar-refractivity contribution in [3.8, 4) is 0 Å². The predicted octanol–water partition coefficient (Wildman–Crippen LogP) is 4.31. The van der Waals surface area contributed by atoms with E-state index in [9.17, 15) is 0 Å². The second-order valence-electron chi connectivity index (χ2n) is 5.93. The molecule has 0 nitrogen and oxygen atoms in total. The molecule has 0 heterocycles. The quantitative estimate of drug-likeness (QED) is 0.578. The molecule has 0 saturated heterocycles. The monoisotopic (exact) mass is 169 g/mol. The highest BCUT2D eigenvalue weighted by Gasteiger charge is 2.33. The molecule has 0 aromatic rings. The maximum absolute atomic E-state index is 3.95. The van der Waals surface area contributed by atoms with Crippen molar-refractivity contribution in [1.82, 2.24) is 0 Å². The van der Waals surface area contributed by atoms with Crippen LogP contribution in [0.4, 0.5) is 0 Å². The third kappa shape index (κ3) is 3.60. The second kappa shape index (κ2) is 3.81. The third-order valence-electron chi connectivity index (χ3n) is 2.58. The van der Waals surface area contributed by atoms with Crippen LogP contribution in [0.1, 0.15) is 54.4 Å². The lowest BCUT2D eigenvalue weighted by Gasteiger charge is -2.40. The van der Waals surface area contributed by atoms with Crippen molar-refractivity contribution < 1.29 is 0 Å². The van der Waals surface area contributed by atoms with Crippen LogP contribution in [0, 0.1) is 23.7 Å². The molecular weight excluding hydrogens is 144 g/mol. The highest BCUT2D eigenvalue weighted by molar-refractivity contribution is 4.83. The van der Waals surface area contributed by atoms with Gasteiger partial charge in [-0.2, -0.15) is 0 Å². The first-order chi connectivity index (χ1) is 5.19. The van der Waals surface area contributed by atoms with Crippen molar-refractivity contribution in [3.63, 3.8) is 0 Å². The van der Waals surface area contributed by atoms with Crippen LogP contribution < -0.4 is 0 Å². The Morgan fingerprint density at radius 3 is 1.33 bits per heavy atom. The van der Waals surface area contributed by atoms with Gasteiger partial charge in [0, 0.05) is 0 Å². The minimum absolute atomic E-state index is 0.413. The Morgan fingerprint density at radius 2 is 1.25 bits per heavy atom. The lowest BCUT2D eigenvalue weighted by atomic mass is 9.65. The summed E-state index contributed by atoms with van der Waals surface area (Å²) in [7, 11) is 0. The fourth-order valence-electron chi connectivity index (χ4n) is 2.37. The molecule has 73 valence electrons. The van der Waals surface area contributed by atoms with Crippen molar-refractivity contribution in [1.29, 1.82) is 0 Å². The second-order valence-corrected chi connectivity index (χ2v) is 5.93. The summed E-state index contributed by atoms with van der Waals surface area (Å²) in [4.78, 5) is 0. The van der Waals surface area contributed by atoms with Crippen LogP contribution in [-0.2, 0) is 0 Å². The summed E-state index contributed by atoms with van der Waals surface area (Å²) in [5.41, 5.74) is 0.825. The molecule has 0 aromatic carbocycles. The number of hydrogen-bond donors (Lipinski definition) is 0. The minimum atomic E-state index is 0.413. The molecule has 0 rings (SSSR count). The van der Waals surface area contributed by atoms with Gasteiger partial charge in [-0.15, -0.1) is 0 Å².